The molecule has 0 unspecified atom stereocenters. The first kappa shape index (κ1) is 21.8. The molecule has 1 aromatic heterocycles. The van der Waals surface area contributed by atoms with Crippen molar-refractivity contribution in [2.24, 2.45) is 0 Å². The Balaban J connectivity index is 1.49. The number of nitrogens with zero attached hydrogens (tertiary/aromatic N) is 2. The Morgan fingerprint density at radius 3 is 2.10 bits per heavy atom. The molecule has 0 atom stereocenters. The summed E-state index contributed by atoms with van der Waals surface area (Å²) in [4.78, 5) is 36.0. The fourth-order valence-corrected chi connectivity index (χ4v) is 2.76. The summed E-state index contributed by atoms with van der Waals surface area (Å²) in [6.45, 7) is 3.77. The third kappa shape index (κ3) is 5.79. The molecule has 3 rings (SSSR count). The van der Waals surface area contributed by atoms with Crippen LogP contribution in [0.25, 0.3) is 5.69 Å². The van der Waals surface area contributed by atoms with Crippen molar-refractivity contribution in [3.63, 3.8) is 0 Å². The first-order chi connectivity index (χ1) is 15.0. The van der Waals surface area contributed by atoms with Gasteiger partial charge in [0.05, 0.1) is 23.4 Å². The molecule has 1 heterocycles. The fraction of sp³-hybridized carbons (Fsp3) is 0.217. The zero-order valence-corrected chi connectivity index (χ0v) is 17.3. The van der Waals surface area contributed by atoms with Gasteiger partial charge in [0, 0.05) is 17.6 Å². The summed E-state index contributed by atoms with van der Waals surface area (Å²) in [6.07, 6.45) is 2.44. The molecule has 1 N–H and O–H groups in total. The molecule has 0 radical (unpaired) electrons. The largest absolute Gasteiger partial charge is 0.462 e. The molecular formula is C23H23N3O5. The second kappa shape index (κ2) is 10.2. The number of carbonyl (C=O) groups excluding carboxylic acids is 3. The van der Waals surface area contributed by atoms with Gasteiger partial charge in [0.15, 0.2) is 6.61 Å². The Morgan fingerprint density at radius 1 is 0.903 bits per heavy atom. The molecule has 0 saturated carbocycles. The fourth-order valence-electron chi connectivity index (χ4n) is 2.76. The Morgan fingerprint density at radius 2 is 1.52 bits per heavy atom. The maximum absolute atomic E-state index is 12.2. The minimum atomic E-state index is -0.604. The molecule has 8 nitrogen and oxygen atoms in total. The summed E-state index contributed by atoms with van der Waals surface area (Å²) in [6, 6.07) is 14.9. The zero-order chi connectivity index (χ0) is 22.2. The number of amides is 1. The average molecular weight is 421 g/mol. The lowest BCUT2D eigenvalue weighted by atomic mass is 10.2. The van der Waals surface area contributed by atoms with Crippen LogP contribution in [0.5, 0.6) is 0 Å². The highest BCUT2D eigenvalue weighted by Gasteiger charge is 2.12. The highest BCUT2D eigenvalue weighted by Crippen LogP contribution is 2.13. The first-order valence-electron chi connectivity index (χ1n) is 9.83. The molecule has 0 saturated heterocycles. The normalized spacial score (nSPS) is 10.4. The van der Waals surface area contributed by atoms with E-state index in [2.05, 4.69) is 10.4 Å². The maximum Gasteiger partial charge on any atom is 0.338 e. The van der Waals surface area contributed by atoms with E-state index in [0.717, 1.165) is 17.8 Å². The van der Waals surface area contributed by atoms with Crippen molar-refractivity contribution in [2.45, 2.75) is 20.3 Å². The van der Waals surface area contributed by atoms with Crippen molar-refractivity contribution >= 4 is 23.5 Å². The van der Waals surface area contributed by atoms with Crippen LogP contribution < -0.4 is 5.32 Å². The van der Waals surface area contributed by atoms with Gasteiger partial charge in [-0.15, -0.1) is 0 Å². The molecule has 0 aliphatic carbocycles. The van der Waals surface area contributed by atoms with Gasteiger partial charge in [-0.05, 0) is 67.9 Å². The van der Waals surface area contributed by atoms with Gasteiger partial charge in [0.1, 0.15) is 0 Å². The Bertz CT molecular complexity index is 1060. The van der Waals surface area contributed by atoms with Crippen LogP contribution in [0, 0.1) is 6.92 Å². The standard InChI is InChI=1S/C23H23N3O5/c1-3-14-30-22(28)17-4-8-19(9-5-17)25-21(27)15-31-23(29)18-6-10-20(11-7-18)26-16(2)12-13-24-26/h4-13H,3,14-15H2,1-2H3,(H,25,27). The van der Waals surface area contributed by atoms with Crippen molar-refractivity contribution in [1.82, 2.24) is 9.78 Å². The lowest BCUT2D eigenvalue weighted by Crippen LogP contribution is -2.21. The number of anilines is 1. The summed E-state index contributed by atoms with van der Waals surface area (Å²) < 4.78 is 11.9. The number of nitrogens with one attached hydrogen (secondary N) is 1. The Hall–Kier alpha value is -3.94. The smallest absolute Gasteiger partial charge is 0.338 e. The summed E-state index contributed by atoms with van der Waals surface area (Å²) >= 11 is 0. The Labute approximate surface area is 179 Å². The van der Waals surface area contributed by atoms with Crippen molar-refractivity contribution < 1.29 is 23.9 Å². The number of aromatic nitrogens is 2. The van der Waals surface area contributed by atoms with Gasteiger partial charge in [-0.1, -0.05) is 6.92 Å². The van der Waals surface area contributed by atoms with E-state index in [1.54, 1.807) is 59.4 Å². The van der Waals surface area contributed by atoms with Crippen molar-refractivity contribution in [3.05, 3.63) is 77.6 Å². The van der Waals surface area contributed by atoms with Crippen LogP contribution in [0.4, 0.5) is 5.69 Å². The monoisotopic (exact) mass is 421 g/mol. The molecule has 1 amide bonds. The van der Waals surface area contributed by atoms with Crippen LogP contribution in [0.3, 0.4) is 0 Å². The molecule has 3 aromatic rings. The SMILES string of the molecule is CCCOC(=O)c1ccc(NC(=O)COC(=O)c2ccc(-n3nccc3C)cc2)cc1. The van der Waals surface area contributed by atoms with Crippen LogP contribution in [-0.2, 0) is 14.3 Å². The van der Waals surface area contributed by atoms with E-state index in [4.69, 9.17) is 9.47 Å². The molecular weight excluding hydrogens is 398 g/mol. The average Bonchev–Trinajstić information content (AvgIpc) is 3.22. The minimum absolute atomic E-state index is 0.330. The molecule has 31 heavy (non-hydrogen) atoms. The summed E-state index contributed by atoms with van der Waals surface area (Å²) in [7, 11) is 0. The highest BCUT2D eigenvalue weighted by atomic mass is 16.5. The number of esters is 2. The molecule has 0 bridgehead atoms. The summed E-state index contributed by atoms with van der Waals surface area (Å²) in [5.41, 5.74) is 2.99. The van der Waals surface area contributed by atoms with Gasteiger partial charge in [0.2, 0.25) is 0 Å². The lowest BCUT2D eigenvalue weighted by Gasteiger charge is -2.08. The van der Waals surface area contributed by atoms with Gasteiger partial charge in [-0.3, -0.25) is 4.79 Å². The van der Waals surface area contributed by atoms with E-state index in [1.807, 2.05) is 19.9 Å². The zero-order valence-electron chi connectivity index (χ0n) is 17.3. The number of rotatable bonds is 8. The van der Waals surface area contributed by atoms with E-state index in [1.165, 1.54) is 0 Å². The molecule has 8 heteroatoms. The van der Waals surface area contributed by atoms with Crippen molar-refractivity contribution in [2.75, 3.05) is 18.5 Å². The van der Waals surface area contributed by atoms with Gasteiger partial charge in [-0.25, -0.2) is 14.3 Å². The topological polar surface area (TPSA) is 99.5 Å². The predicted octanol–water partition coefficient (Wildman–Crippen LogP) is 3.54. The molecule has 0 spiro atoms. The van der Waals surface area contributed by atoms with Crippen LogP contribution in [0.1, 0.15) is 39.8 Å². The van der Waals surface area contributed by atoms with Crippen LogP contribution in [-0.4, -0.2) is 40.8 Å². The van der Waals surface area contributed by atoms with Crippen LogP contribution >= 0.6 is 0 Å². The molecule has 160 valence electrons. The van der Waals surface area contributed by atoms with Gasteiger partial charge in [-0.2, -0.15) is 5.10 Å². The van der Waals surface area contributed by atoms with Gasteiger partial charge < -0.3 is 14.8 Å². The van der Waals surface area contributed by atoms with E-state index < -0.39 is 24.5 Å². The number of hydrogen-bond acceptors (Lipinski definition) is 6. The molecule has 0 fully saturated rings. The van der Waals surface area contributed by atoms with E-state index in [0.29, 0.717) is 23.4 Å². The molecule has 2 aromatic carbocycles. The number of ether oxygens (including phenoxy) is 2. The molecule has 0 aliphatic heterocycles. The van der Waals surface area contributed by atoms with Crippen LogP contribution in [0.2, 0.25) is 0 Å². The maximum atomic E-state index is 12.2. The third-order valence-electron chi connectivity index (χ3n) is 4.36. The summed E-state index contributed by atoms with van der Waals surface area (Å²) in [5, 5.41) is 6.82. The quantitative estimate of drug-likeness (QED) is 0.559. The van der Waals surface area contributed by atoms with E-state index in [9.17, 15) is 14.4 Å². The van der Waals surface area contributed by atoms with Gasteiger partial charge in [0.25, 0.3) is 5.91 Å². The number of benzene rings is 2. The van der Waals surface area contributed by atoms with Crippen molar-refractivity contribution in [3.8, 4) is 5.69 Å². The van der Waals surface area contributed by atoms with Crippen molar-refractivity contribution in [1.29, 1.82) is 0 Å². The van der Waals surface area contributed by atoms with E-state index >= 15 is 0 Å². The van der Waals surface area contributed by atoms with E-state index in [-0.39, 0.29) is 0 Å². The third-order valence-corrected chi connectivity index (χ3v) is 4.36. The summed E-state index contributed by atoms with van der Waals surface area (Å²) in [5.74, 6) is -1.51. The Kier molecular flexibility index (Phi) is 7.16. The highest BCUT2D eigenvalue weighted by molar-refractivity contribution is 5.96. The second-order valence-electron chi connectivity index (χ2n) is 6.77. The molecule has 0 aliphatic rings. The number of hydrogen-bond donors (Lipinski definition) is 1. The second-order valence-corrected chi connectivity index (χ2v) is 6.77. The van der Waals surface area contributed by atoms with Gasteiger partial charge >= 0.3 is 11.9 Å². The first-order valence-corrected chi connectivity index (χ1v) is 9.83. The predicted molar refractivity (Wildman–Crippen MR) is 114 cm³/mol. The van der Waals surface area contributed by atoms with Crippen LogP contribution in [0.15, 0.2) is 60.8 Å². The number of carbonyl (C=O) groups is 3. The lowest BCUT2D eigenvalue weighted by molar-refractivity contribution is -0.119. The minimum Gasteiger partial charge on any atom is -0.462 e. The number of aryl methyl sites for hydroxylation is 1.